The summed E-state index contributed by atoms with van der Waals surface area (Å²) in [7, 11) is 0. The molecule has 0 aliphatic carbocycles. The van der Waals surface area contributed by atoms with Gasteiger partial charge in [0.05, 0.1) is 38.6 Å². The van der Waals surface area contributed by atoms with Crippen molar-refractivity contribution >= 4 is 5.91 Å². The van der Waals surface area contributed by atoms with Crippen molar-refractivity contribution in [3.63, 3.8) is 0 Å². The van der Waals surface area contributed by atoms with Crippen molar-refractivity contribution < 1.29 is 89.4 Å². The van der Waals surface area contributed by atoms with Crippen LogP contribution in [0.5, 0.6) is 0 Å². The van der Waals surface area contributed by atoms with Crippen LogP contribution in [0.2, 0.25) is 0 Å². The van der Waals surface area contributed by atoms with Crippen LogP contribution in [0.3, 0.4) is 0 Å². The molecule has 17 atom stereocenters. The molecule has 436 valence electrons. The molecule has 0 aromatic carbocycles. The number of hydrogen-bond donors (Lipinski definition) is 12. The normalized spacial score (nSPS) is 31.6. The minimum atomic E-state index is -1.99. The van der Waals surface area contributed by atoms with Crippen LogP contribution in [-0.4, -0.2) is 193 Å². The number of allylic oxidation sites excluding steroid dienone is 13. The smallest absolute Gasteiger partial charge is 0.220 e. The number of rotatable bonds is 38. The quantitative estimate of drug-likeness (QED) is 0.0310. The zero-order valence-corrected chi connectivity index (χ0v) is 44.9. The zero-order valence-electron chi connectivity index (χ0n) is 44.9. The van der Waals surface area contributed by atoms with Crippen molar-refractivity contribution in [2.75, 3.05) is 26.4 Å². The first kappa shape index (κ1) is 67.2. The maximum absolute atomic E-state index is 13.2. The highest BCUT2D eigenvalue weighted by molar-refractivity contribution is 5.76. The monoisotopic (exact) mass is 1080 g/mol. The molecule has 0 bridgehead atoms. The van der Waals surface area contributed by atoms with Gasteiger partial charge in [-0.1, -0.05) is 157 Å². The number of hydrogen-bond acceptors (Lipinski definition) is 18. The average Bonchev–Trinajstić information content (AvgIpc) is 3.42. The molecule has 3 rings (SSSR count). The fourth-order valence-corrected chi connectivity index (χ4v) is 8.86. The second-order valence-corrected chi connectivity index (χ2v) is 19.7. The molecule has 17 unspecified atom stereocenters. The Bertz CT molecular complexity index is 1720. The van der Waals surface area contributed by atoms with Crippen LogP contribution >= 0.6 is 0 Å². The van der Waals surface area contributed by atoms with Crippen molar-refractivity contribution in [3.05, 3.63) is 85.1 Å². The predicted octanol–water partition coefficient (Wildman–Crippen LogP) is 3.64. The number of aliphatic hydroxyl groups excluding tert-OH is 11. The lowest BCUT2D eigenvalue weighted by Gasteiger charge is -2.48. The Morgan fingerprint density at radius 3 is 1.39 bits per heavy atom. The topological polar surface area (TPSA) is 307 Å². The van der Waals surface area contributed by atoms with Crippen LogP contribution in [0, 0.1) is 0 Å². The molecule has 0 aromatic heterocycles. The Morgan fingerprint density at radius 1 is 0.487 bits per heavy atom. The first-order valence-corrected chi connectivity index (χ1v) is 27.8. The van der Waals surface area contributed by atoms with Gasteiger partial charge in [-0.2, -0.15) is 0 Å². The van der Waals surface area contributed by atoms with Gasteiger partial charge in [-0.3, -0.25) is 4.79 Å². The summed E-state index contributed by atoms with van der Waals surface area (Å²) in [6.07, 6.45) is 20.2. The van der Waals surface area contributed by atoms with Crippen molar-refractivity contribution in [3.8, 4) is 0 Å². The first-order valence-electron chi connectivity index (χ1n) is 27.8. The largest absolute Gasteiger partial charge is 0.394 e. The van der Waals surface area contributed by atoms with Crippen LogP contribution in [0.1, 0.15) is 136 Å². The number of unbranched alkanes of at least 4 members (excludes halogenated alkanes) is 10. The molecule has 0 radical (unpaired) electrons. The highest BCUT2D eigenvalue weighted by Gasteiger charge is 2.53. The van der Waals surface area contributed by atoms with Gasteiger partial charge in [-0.25, -0.2) is 0 Å². The number of aliphatic hydroxyl groups is 11. The molecule has 19 heteroatoms. The lowest BCUT2D eigenvalue weighted by atomic mass is 9.96. The standard InChI is InChI=1S/C57H95NO18/c1-3-5-7-9-11-13-15-17-18-19-20-21-22-23-25-27-29-31-33-35-45(63)58-40(41(62)34-32-30-28-26-24-16-14-12-10-8-6-4-2)39-71-55-51(69)48(66)53(43(37-60)73-55)76-57-52(70)49(67)54(44(38-61)74-57)75-56-50(68)47(65)46(64)42(36-59)72-56/h5,7,11,13,17-18,20-21,23,25,29,31-32,34,40-44,46-57,59-62,64-70H,3-4,6,8-10,12,14-16,19,22,24,26-28,30,33,35-39H2,1-2H3,(H,58,63)/b7-5-,13-11-,18-17-,21-20-,25-23-,31-29-,34-32+. The number of amides is 1. The minimum Gasteiger partial charge on any atom is -0.394 e. The SMILES string of the molecule is CC/C=C\C/C=C\C/C=C\C/C=C\C/C=C\C/C=C\CCC(=O)NC(COC1OC(CO)C(OC2OC(CO)C(OC3OC(CO)C(O)C(O)C3O)C(O)C2O)C(O)C1O)C(O)/C=C/CCCCCCCCCCCC. The van der Waals surface area contributed by atoms with E-state index in [-0.39, 0.29) is 12.3 Å². The summed E-state index contributed by atoms with van der Waals surface area (Å²) in [4.78, 5) is 13.2. The van der Waals surface area contributed by atoms with Gasteiger partial charge in [0.1, 0.15) is 73.2 Å². The number of carbonyl (C=O) groups excluding carboxylic acids is 1. The van der Waals surface area contributed by atoms with E-state index in [1.165, 1.54) is 44.9 Å². The van der Waals surface area contributed by atoms with E-state index in [1.807, 2.05) is 18.2 Å². The summed E-state index contributed by atoms with van der Waals surface area (Å²) in [5.41, 5.74) is 0. The van der Waals surface area contributed by atoms with Gasteiger partial charge in [0.15, 0.2) is 18.9 Å². The van der Waals surface area contributed by atoms with Crippen molar-refractivity contribution in [2.24, 2.45) is 0 Å². The maximum Gasteiger partial charge on any atom is 0.220 e. The Labute approximate surface area is 450 Å². The van der Waals surface area contributed by atoms with Crippen molar-refractivity contribution in [1.82, 2.24) is 5.32 Å². The van der Waals surface area contributed by atoms with E-state index < -0.39 is 131 Å². The van der Waals surface area contributed by atoms with Crippen molar-refractivity contribution in [1.29, 1.82) is 0 Å². The summed E-state index contributed by atoms with van der Waals surface area (Å²) in [5, 5.41) is 120. The molecule has 3 saturated heterocycles. The van der Waals surface area contributed by atoms with E-state index in [0.717, 1.165) is 57.8 Å². The predicted molar refractivity (Wildman–Crippen MR) is 286 cm³/mol. The Kier molecular flexibility index (Phi) is 35.6. The van der Waals surface area contributed by atoms with Crippen LogP contribution < -0.4 is 5.32 Å². The van der Waals surface area contributed by atoms with Crippen molar-refractivity contribution in [2.45, 2.75) is 240 Å². The molecule has 3 aliphatic rings. The second-order valence-electron chi connectivity index (χ2n) is 19.7. The minimum absolute atomic E-state index is 0.113. The highest BCUT2D eigenvalue weighted by Crippen LogP contribution is 2.33. The molecule has 76 heavy (non-hydrogen) atoms. The molecule has 12 N–H and O–H groups in total. The average molecular weight is 1080 g/mol. The van der Waals surface area contributed by atoms with Gasteiger partial charge in [-0.15, -0.1) is 0 Å². The summed E-state index contributed by atoms with van der Waals surface area (Å²) in [6.45, 7) is 1.50. The lowest BCUT2D eigenvalue weighted by molar-refractivity contribution is -0.379. The van der Waals surface area contributed by atoms with Crippen LogP contribution in [0.4, 0.5) is 0 Å². The Morgan fingerprint density at radius 2 is 0.908 bits per heavy atom. The second kappa shape index (κ2) is 40.2. The third-order valence-electron chi connectivity index (χ3n) is 13.5. The number of ether oxygens (including phenoxy) is 6. The molecular formula is C57H95NO18. The molecule has 0 saturated carbocycles. The van der Waals surface area contributed by atoms with Gasteiger partial charge < -0.3 is 89.9 Å². The van der Waals surface area contributed by atoms with E-state index in [9.17, 15) is 61.0 Å². The fraction of sp³-hybridized carbons (Fsp3) is 0.737. The first-order chi connectivity index (χ1) is 36.8. The van der Waals surface area contributed by atoms with Gasteiger partial charge in [0, 0.05) is 6.42 Å². The van der Waals surface area contributed by atoms with Crippen LogP contribution in [0.15, 0.2) is 85.1 Å². The lowest BCUT2D eigenvalue weighted by Crippen LogP contribution is -2.66. The van der Waals surface area contributed by atoms with E-state index in [4.69, 9.17) is 28.4 Å². The third kappa shape index (κ3) is 24.5. The van der Waals surface area contributed by atoms with E-state index in [2.05, 4.69) is 79.9 Å². The fourth-order valence-electron chi connectivity index (χ4n) is 8.86. The zero-order chi connectivity index (χ0) is 55.5. The summed E-state index contributed by atoms with van der Waals surface area (Å²) < 4.78 is 34.1. The third-order valence-corrected chi connectivity index (χ3v) is 13.5. The van der Waals surface area contributed by atoms with Gasteiger partial charge in [0.25, 0.3) is 0 Å². The number of nitrogens with one attached hydrogen (secondary N) is 1. The molecule has 3 aliphatic heterocycles. The Balaban J connectivity index is 1.55. The maximum atomic E-state index is 13.2. The highest BCUT2D eigenvalue weighted by atomic mass is 16.8. The summed E-state index contributed by atoms with van der Waals surface area (Å²) in [6, 6.07) is -1.02. The van der Waals surface area contributed by atoms with Crippen LogP contribution in [0.25, 0.3) is 0 Å². The molecule has 1 amide bonds. The molecule has 3 heterocycles. The Hall–Kier alpha value is -3.03. The van der Waals surface area contributed by atoms with Gasteiger partial charge in [0.2, 0.25) is 5.91 Å². The number of carbonyl (C=O) groups is 1. The summed E-state index contributed by atoms with van der Waals surface area (Å²) >= 11 is 0. The van der Waals surface area contributed by atoms with Gasteiger partial charge in [-0.05, 0) is 57.8 Å². The van der Waals surface area contributed by atoms with Crippen LogP contribution in [-0.2, 0) is 33.2 Å². The molecular weight excluding hydrogens is 987 g/mol. The van der Waals surface area contributed by atoms with E-state index >= 15 is 0 Å². The molecule has 3 fully saturated rings. The van der Waals surface area contributed by atoms with E-state index in [1.54, 1.807) is 6.08 Å². The molecule has 0 spiro atoms. The molecule has 0 aromatic rings. The van der Waals surface area contributed by atoms with Gasteiger partial charge >= 0.3 is 0 Å². The summed E-state index contributed by atoms with van der Waals surface area (Å²) in [5.74, 6) is -0.364. The molecule has 19 nitrogen and oxygen atoms in total. The van der Waals surface area contributed by atoms with E-state index in [0.29, 0.717) is 12.8 Å².